The Bertz CT molecular complexity index is 904. The van der Waals surface area contributed by atoms with E-state index in [0.29, 0.717) is 33.1 Å². The van der Waals surface area contributed by atoms with Crippen LogP contribution in [0.25, 0.3) is 0 Å². The Morgan fingerprint density at radius 3 is 2.69 bits per heavy atom. The number of benzene rings is 2. The van der Waals surface area contributed by atoms with Gasteiger partial charge in [-0.05, 0) is 55.4 Å². The van der Waals surface area contributed by atoms with Crippen LogP contribution < -0.4 is 20.2 Å². The van der Waals surface area contributed by atoms with Gasteiger partial charge in [0.25, 0.3) is 0 Å². The Labute approximate surface area is 186 Å². The van der Waals surface area contributed by atoms with Gasteiger partial charge in [0, 0.05) is 27.7 Å². The van der Waals surface area contributed by atoms with E-state index in [4.69, 9.17) is 44.9 Å². The fraction of sp³-hybridized carbons (Fsp3) is 0.238. The lowest BCUT2D eigenvalue weighted by Gasteiger charge is -2.16. The molecule has 29 heavy (non-hydrogen) atoms. The van der Waals surface area contributed by atoms with Gasteiger partial charge >= 0.3 is 0 Å². The van der Waals surface area contributed by atoms with Gasteiger partial charge in [0.15, 0.2) is 16.6 Å². The smallest absolute Gasteiger partial charge is 0.186 e. The molecule has 2 aromatic rings. The lowest BCUT2D eigenvalue weighted by Crippen LogP contribution is -2.31. The zero-order chi connectivity index (χ0) is 21.2. The number of thiocarbonyl (C=S) groups is 1. The van der Waals surface area contributed by atoms with Crippen molar-refractivity contribution in [2.75, 3.05) is 13.7 Å². The number of halogens is 2. The molecule has 5 nitrogen and oxygen atoms in total. The SMILES string of the molecule is C=CCc1cc(/C=N\NC(=S)NCC)cc(OC)c1OCc1ccc(Cl)cc1Cl. The summed E-state index contributed by atoms with van der Waals surface area (Å²) in [4.78, 5) is 0. The fourth-order valence-electron chi connectivity index (χ4n) is 2.53. The molecule has 0 spiro atoms. The number of ether oxygens (including phenoxy) is 2. The van der Waals surface area contributed by atoms with Gasteiger partial charge in [0.1, 0.15) is 6.61 Å². The highest BCUT2D eigenvalue weighted by atomic mass is 35.5. The lowest BCUT2D eigenvalue weighted by atomic mass is 10.1. The second kappa shape index (κ2) is 11.7. The average Bonchev–Trinajstić information content (AvgIpc) is 2.68. The molecule has 2 N–H and O–H groups in total. The van der Waals surface area contributed by atoms with Crippen molar-refractivity contribution in [2.24, 2.45) is 5.10 Å². The van der Waals surface area contributed by atoms with Crippen molar-refractivity contribution < 1.29 is 9.47 Å². The van der Waals surface area contributed by atoms with Gasteiger partial charge in [0.05, 0.1) is 13.3 Å². The largest absolute Gasteiger partial charge is 0.493 e. The zero-order valence-corrected chi connectivity index (χ0v) is 18.6. The first-order valence-electron chi connectivity index (χ1n) is 8.93. The summed E-state index contributed by atoms with van der Waals surface area (Å²) >= 11 is 17.3. The van der Waals surface area contributed by atoms with Crippen molar-refractivity contribution in [1.82, 2.24) is 10.7 Å². The van der Waals surface area contributed by atoms with E-state index in [9.17, 15) is 0 Å². The van der Waals surface area contributed by atoms with Crippen LogP contribution >= 0.6 is 35.4 Å². The molecule has 0 heterocycles. The summed E-state index contributed by atoms with van der Waals surface area (Å²) in [6, 6.07) is 9.11. The number of rotatable bonds is 9. The van der Waals surface area contributed by atoms with E-state index < -0.39 is 0 Å². The third-order valence-corrected chi connectivity index (χ3v) is 4.67. The molecule has 0 saturated carbocycles. The Balaban J connectivity index is 2.25. The third kappa shape index (κ3) is 6.92. The molecular formula is C21H23Cl2N3O2S. The quantitative estimate of drug-likeness (QED) is 0.239. The summed E-state index contributed by atoms with van der Waals surface area (Å²) < 4.78 is 11.6. The summed E-state index contributed by atoms with van der Waals surface area (Å²) in [5.41, 5.74) is 5.35. The minimum absolute atomic E-state index is 0.280. The van der Waals surface area contributed by atoms with E-state index >= 15 is 0 Å². The number of hydrazone groups is 1. The molecule has 8 heteroatoms. The molecule has 2 aromatic carbocycles. The number of hydrogen-bond acceptors (Lipinski definition) is 4. The standard InChI is InChI=1S/C21H23Cl2N3O2S/c1-4-6-15-9-14(12-25-26-21(29)24-5-2)10-19(27-3)20(15)28-13-16-7-8-17(22)11-18(16)23/h4,7-12H,1,5-6,13H2,2-3H3,(H2,24,26,29)/b25-12-. The monoisotopic (exact) mass is 451 g/mol. The van der Waals surface area contributed by atoms with Crippen LogP contribution in [0.2, 0.25) is 10.0 Å². The fourth-order valence-corrected chi connectivity index (χ4v) is 3.19. The number of nitrogens with zero attached hydrogens (tertiary/aromatic N) is 1. The molecule has 0 fully saturated rings. The van der Waals surface area contributed by atoms with Crippen molar-refractivity contribution in [1.29, 1.82) is 0 Å². The number of nitrogens with one attached hydrogen (secondary N) is 2. The Kier molecular flexibility index (Phi) is 9.25. The second-order valence-corrected chi connectivity index (χ2v) is 7.21. The van der Waals surface area contributed by atoms with E-state index in [1.807, 2.05) is 25.1 Å². The van der Waals surface area contributed by atoms with Crippen LogP contribution in [0.3, 0.4) is 0 Å². The van der Waals surface area contributed by atoms with Crippen molar-refractivity contribution in [2.45, 2.75) is 20.0 Å². The molecule has 0 radical (unpaired) electrons. The maximum Gasteiger partial charge on any atom is 0.186 e. The molecule has 0 amide bonds. The van der Waals surface area contributed by atoms with Crippen molar-refractivity contribution in [3.63, 3.8) is 0 Å². The third-order valence-electron chi connectivity index (χ3n) is 3.84. The van der Waals surface area contributed by atoms with Crippen molar-refractivity contribution >= 4 is 46.7 Å². The summed E-state index contributed by atoms with van der Waals surface area (Å²) in [7, 11) is 1.59. The van der Waals surface area contributed by atoms with Gasteiger partial charge in [-0.25, -0.2) is 0 Å². The van der Waals surface area contributed by atoms with Crippen LogP contribution in [-0.2, 0) is 13.0 Å². The molecule has 0 saturated heterocycles. The van der Waals surface area contributed by atoms with Gasteiger partial charge in [0.2, 0.25) is 0 Å². The number of allylic oxidation sites excluding steroid dienone is 1. The maximum atomic E-state index is 6.25. The average molecular weight is 452 g/mol. The van der Waals surface area contributed by atoms with Gasteiger partial charge in [-0.15, -0.1) is 6.58 Å². The number of methoxy groups -OCH3 is 1. The highest BCUT2D eigenvalue weighted by Crippen LogP contribution is 2.34. The molecule has 0 aliphatic rings. The van der Waals surface area contributed by atoms with E-state index in [0.717, 1.165) is 23.2 Å². The molecule has 0 aromatic heterocycles. The molecular weight excluding hydrogens is 429 g/mol. The van der Waals surface area contributed by atoms with E-state index in [-0.39, 0.29) is 6.61 Å². The van der Waals surface area contributed by atoms with Gasteiger partial charge in [-0.1, -0.05) is 35.3 Å². The normalized spacial score (nSPS) is 10.6. The Morgan fingerprint density at radius 2 is 2.03 bits per heavy atom. The summed E-state index contributed by atoms with van der Waals surface area (Å²) in [6.45, 7) is 6.79. The van der Waals surface area contributed by atoms with E-state index in [1.54, 1.807) is 31.5 Å². The van der Waals surface area contributed by atoms with Crippen LogP contribution in [0, 0.1) is 0 Å². The summed E-state index contributed by atoms with van der Waals surface area (Å²) in [5, 5.41) is 8.70. The van der Waals surface area contributed by atoms with Crippen molar-refractivity contribution in [3.05, 3.63) is 69.7 Å². The van der Waals surface area contributed by atoms with E-state index in [1.165, 1.54) is 0 Å². The molecule has 154 valence electrons. The Morgan fingerprint density at radius 1 is 1.24 bits per heavy atom. The van der Waals surface area contributed by atoms with Crippen LogP contribution in [0.15, 0.2) is 48.1 Å². The first kappa shape index (κ1) is 23.0. The van der Waals surface area contributed by atoms with Crippen molar-refractivity contribution in [3.8, 4) is 11.5 Å². The molecule has 0 unspecified atom stereocenters. The van der Waals surface area contributed by atoms with Crippen LogP contribution in [0.5, 0.6) is 11.5 Å². The second-order valence-electron chi connectivity index (χ2n) is 5.96. The van der Waals surface area contributed by atoms with Crippen LogP contribution in [0.1, 0.15) is 23.6 Å². The predicted octanol–water partition coefficient (Wildman–Crippen LogP) is 5.13. The molecule has 0 atom stereocenters. The lowest BCUT2D eigenvalue weighted by molar-refractivity contribution is 0.282. The topological polar surface area (TPSA) is 54.9 Å². The highest BCUT2D eigenvalue weighted by molar-refractivity contribution is 7.80. The first-order valence-corrected chi connectivity index (χ1v) is 10.1. The maximum absolute atomic E-state index is 6.25. The van der Waals surface area contributed by atoms with E-state index in [2.05, 4.69) is 22.4 Å². The Hall–Kier alpha value is -2.28. The van der Waals surface area contributed by atoms with Gasteiger partial charge in [-0.3, -0.25) is 5.43 Å². The van der Waals surface area contributed by atoms with Crippen LogP contribution in [-0.4, -0.2) is 25.0 Å². The molecule has 0 aliphatic heterocycles. The van der Waals surface area contributed by atoms with Gasteiger partial charge in [-0.2, -0.15) is 5.10 Å². The number of hydrogen-bond donors (Lipinski definition) is 2. The zero-order valence-electron chi connectivity index (χ0n) is 16.3. The minimum Gasteiger partial charge on any atom is -0.493 e. The summed E-state index contributed by atoms with van der Waals surface area (Å²) in [5.74, 6) is 1.22. The molecule has 2 rings (SSSR count). The summed E-state index contributed by atoms with van der Waals surface area (Å²) in [6.07, 6.45) is 4.07. The highest BCUT2D eigenvalue weighted by Gasteiger charge is 2.13. The minimum atomic E-state index is 0.280. The predicted molar refractivity (Wildman–Crippen MR) is 125 cm³/mol. The van der Waals surface area contributed by atoms with Crippen LogP contribution in [0.4, 0.5) is 0 Å². The van der Waals surface area contributed by atoms with Gasteiger partial charge < -0.3 is 14.8 Å². The molecule has 0 aliphatic carbocycles. The molecule has 0 bridgehead atoms. The first-order chi connectivity index (χ1) is 14.0.